The zero-order chi connectivity index (χ0) is 22.7. The van der Waals surface area contributed by atoms with Crippen LogP contribution in [-0.2, 0) is 14.3 Å². The summed E-state index contributed by atoms with van der Waals surface area (Å²) in [5, 5.41) is 20.1. The number of hydrazine groups is 1. The highest BCUT2D eigenvalue weighted by atomic mass is 35.5. The molecule has 0 radical (unpaired) electrons. The molecule has 0 N–H and O–H groups in total. The molecule has 1 amide bonds. The number of nitro benzene ring substituents is 1. The van der Waals surface area contributed by atoms with Gasteiger partial charge < -0.3 is 4.74 Å². The maximum atomic E-state index is 12.6. The Morgan fingerprint density at radius 2 is 1.77 bits per heavy atom. The molecule has 1 aliphatic heterocycles. The van der Waals surface area contributed by atoms with Crippen molar-refractivity contribution < 1.29 is 19.2 Å². The molecule has 0 aromatic heterocycles. The Morgan fingerprint density at radius 1 is 1.16 bits per heavy atom. The number of non-ortho nitro benzene ring substituents is 1. The van der Waals surface area contributed by atoms with Crippen molar-refractivity contribution in [2.75, 3.05) is 18.7 Å². The molecule has 1 atom stereocenters. The van der Waals surface area contributed by atoms with Gasteiger partial charge in [0.25, 0.3) is 11.5 Å². The van der Waals surface area contributed by atoms with Crippen molar-refractivity contribution in [2.24, 2.45) is 5.10 Å². The van der Waals surface area contributed by atoms with Crippen LogP contribution in [0.5, 0.6) is 0 Å². The van der Waals surface area contributed by atoms with E-state index in [1.165, 1.54) is 41.1 Å². The minimum absolute atomic E-state index is 0.0870. The average molecular weight is 446 g/mol. The Morgan fingerprint density at radius 3 is 2.29 bits per heavy atom. The maximum Gasteiger partial charge on any atom is 0.377 e. The number of ether oxygens (including phenoxy) is 1. The SMILES string of the molecule is CCOC(=O)C1=NN(c2ccc(Cl)cc2)C(c2ccc([N+](=O)[O-])cc2)N(C(C)=O)N1C. The standard InChI is InChI=1S/C20H20ClN5O5/c1-4-31-20(28)18-22-24(16-11-7-15(21)8-12-16)19(25(13(2)27)23(18)3)14-5-9-17(10-6-14)26(29)30/h5-12,19H,4H2,1-3H3. The lowest BCUT2D eigenvalue weighted by molar-refractivity contribution is -0.384. The van der Waals surface area contributed by atoms with Crippen LogP contribution in [0.25, 0.3) is 0 Å². The number of amidine groups is 1. The number of rotatable bonds is 5. The highest BCUT2D eigenvalue weighted by molar-refractivity contribution is 6.35. The van der Waals surface area contributed by atoms with Gasteiger partial charge in [0, 0.05) is 31.1 Å². The summed E-state index contributed by atoms with van der Waals surface area (Å²) in [6.07, 6.45) is -0.817. The lowest BCUT2D eigenvalue weighted by Crippen LogP contribution is -2.58. The molecule has 162 valence electrons. The first-order chi connectivity index (χ1) is 14.7. The van der Waals surface area contributed by atoms with Gasteiger partial charge in [-0.25, -0.2) is 14.8 Å². The molecule has 0 spiro atoms. The lowest BCUT2D eigenvalue weighted by Gasteiger charge is -2.46. The third-order valence-electron chi connectivity index (χ3n) is 4.57. The summed E-state index contributed by atoms with van der Waals surface area (Å²) in [4.78, 5) is 35.7. The molecule has 2 aromatic carbocycles. The maximum absolute atomic E-state index is 12.6. The fourth-order valence-electron chi connectivity index (χ4n) is 3.19. The molecular weight excluding hydrogens is 426 g/mol. The second-order valence-electron chi connectivity index (χ2n) is 6.57. The van der Waals surface area contributed by atoms with Gasteiger partial charge in [0.2, 0.25) is 5.91 Å². The van der Waals surface area contributed by atoms with Gasteiger partial charge in [0.1, 0.15) is 0 Å². The van der Waals surface area contributed by atoms with Crippen LogP contribution in [-0.4, -0.2) is 46.3 Å². The van der Waals surface area contributed by atoms with Crippen molar-refractivity contribution in [3.8, 4) is 0 Å². The Balaban J connectivity index is 2.19. The van der Waals surface area contributed by atoms with Crippen LogP contribution in [0.15, 0.2) is 53.6 Å². The van der Waals surface area contributed by atoms with Crippen molar-refractivity contribution in [3.05, 3.63) is 69.2 Å². The molecule has 1 aliphatic rings. The van der Waals surface area contributed by atoms with Gasteiger partial charge in [0.05, 0.1) is 17.2 Å². The van der Waals surface area contributed by atoms with Crippen molar-refractivity contribution in [1.29, 1.82) is 0 Å². The van der Waals surface area contributed by atoms with E-state index >= 15 is 0 Å². The second kappa shape index (κ2) is 9.00. The van der Waals surface area contributed by atoms with Gasteiger partial charge in [-0.3, -0.25) is 19.9 Å². The van der Waals surface area contributed by atoms with Gasteiger partial charge >= 0.3 is 5.97 Å². The van der Waals surface area contributed by atoms with E-state index in [0.717, 1.165) is 0 Å². The van der Waals surface area contributed by atoms with E-state index in [2.05, 4.69) is 5.10 Å². The number of halogens is 1. The number of benzene rings is 2. The molecule has 3 rings (SSSR count). The van der Waals surface area contributed by atoms with E-state index in [4.69, 9.17) is 16.3 Å². The largest absolute Gasteiger partial charge is 0.460 e. The van der Waals surface area contributed by atoms with E-state index in [1.807, 2.05) is 0 Å². The molecule has 31 heavy (non-hydrogen) atoms. The summed E-state index contributed by atoms with van der Waals surface area (Å²) in [6.45, 7) is 3.15. The highest BCUT2D eigenvalue weighted by Gasteiger charge is 2.40. The molecule has 0 saturated carbocycles. The topological polar surface area (TPSA) is 109 Å². The van der Waals surface area contributed by atoms with E-state index in [9.17, 15) is 19.7 Å². The van der Waals surface area contributed by atoms with Gasteiger partial charge in [-0.05, 0) is 48.9 Å². The lowest BCUT2D eigenvalue weighted by atomic mass is 10.1. The third kappa shape index (κ3) is 4.43. The van der Waals surface area contributed by atoms with Crippen LogP contribution in [0.3, 0.4) is 0 Å². The molecule has 2 aromatic rings. The number of esters is 1. The van der Waals surface area contributed by atoms with Crippen molar-refractivity contribution in [2.45, 2.75) is 20.0 Å². The Hall–Kier alpha value is -3.66. The number of carbonyl (C=O) groups is 2. The van der Waals surface area contributed by atoms with Crippen LogP contribution in [0.1, 0.15) is 25.6 Å². The summed E-state index contributed by atoms with van der Waals surface area (Å²) >= 11 is 6.01. The Bertz CT molecular complexity index is 1030. The molecule has 10 nitrogen and oxygen atoms in total. The quantitative estimate of drug-likeness (QED) is 0.394. The first-order valence-corrected chi connectivity index (χ1v) is 9.70. The van der Waals surface area contributed by atoms with Gasteiger partial charge in [-0.15, -0.1) is 5.10 Å². The van der Waals surface area contributed by atoms with E-state index in [0.29, 0.717) is 16.3 Å². The van der Waals surface area contributed by atoms with E-state index < -0.39 is 17.1 Å². The average Bonchev–Trinajstić information content (AvgIpc) is 2.74. The summed E-state index contributed by atoms with van der Waals surface area (Å²) < 4.78 is 5.09. The van der Waals surface area contributed by atoms with Crippen LogP contribution in [0.4, 0.5) is 11.4 Å². The monoisotopic (exact) mass is 445 g/mol. The molecule has 11 heteroatoms. The summed E-state index contributed by atoms with van der Waals surface area (Å²) in [7, 11) is 1.52. The Kier molecular flexibility index (Phi) is 6.40. The fraction of sp³-hybridized carbons (Fsp3) is 0.250. The zero-order valence-corrected chi connectivity index (χ0v) is 17.8. The number of anilines is 1. The van der Waals surface area contributed by atoms with E-state index in [1.54, 1.807) is 43.3 Å². The van der Waals surface area contributed by atoms with Crippen LogP contribution in [0, 0.1) is 10.1 Å². The number of carbonyl (C=O) groups excluding carboxylic acids is 2. The highest BCUT2D eigenvalue weighted by Crippen LogP contribution is 2.36. The molecule has 1 heterocycles. The van der Waals surface area contributed by atoms with Crippen LogP contribution >= 0.6 is 11.6 Å². The number of hydrogen-bond acceptors (Lipinski definition) is 8. The number of nitro groups is 1. The number of hydrazone groups is 1. The Labute approximate surface area is 183 Å². The normalized spacial score (nSPS) is 16.1. The second-order valence-corrected chi connectivity index (χ2v) is 7.01. The van der Waals surface area contributed by atoms with Crippen LogP contribution < -0.4 is 5.01 Å². The first kappa shape index (κ1) is 22.0. The molecule has 1 unspecified atom stereocenters. The number of nitrogens with zero attached hydrogens (tertiary/aromatic N) is 5. The molecule has 0 saturated heterocycles. The zero-order valence-electron chi connectivity index (χ0n) is 17.1. The minimum Gasteiger partial charge on any atom is -0.460 e. The van der Waals surface area contributed by atoms with Crippen molar-refractivity contribution >= 4 is 40.7 Å². The van der Waals surface area contributed by atoms with E-state index in [-0.39, 0.29) is 24.0 Å². The molecule has 0 fully saturated rings. The third-order valence-corrected chi connectivity index (χ3v) is 4.82. The first-order valence-electron chi connectivity index (χ1n) is 9.33. The van der Waals surface area contributed by atoms with Crippen LogP contribution in [0.2, 0.25) is 5.02 Å². The van der Waals surface area contributed by atoms with Crippen molar-refractivity contribution in [1.82, 2.24) is 10.0 Å². The number of amides is 1. The van der Waals surface area contributed by atoms with Gasteiger partial charge in [0.15, 0.2) is 6.17 Å². The molecule has 0 aliphatic carbocycles. The van der Waals surface area contributed by atoms with Gasteiger partial charge in [-0.2, -0.15) is 0 Å². The predicted molar refractivity (Wildman–Crippen MR) is 114 cm³/mol. The molecule has 0 bridgehead atoms. The number of hydrogen-bond donors (Lipinski definition) is 0. The summed E-state index contributed by atoms with van der Waals surface area (Å²) in [5.74, 6) is -1.16. The fourth-order valence-corrected chi connectivity index (χ4v) is 3.31. The number of likely N-dealkylation sites (N-methyl/N-ethyl adjacent to an activating group) is 1. The smallest absolute Gasteiger partial charge is 0.377 e. The summed E-state index contributed by atoms with van der Waals surface area (Å²) in [5.41, 5.74) is 1.01. The minimum atomic E-state index is -0.817. The van der Waals surface area contributed by atoms with Crippen molar-refractivity contribution in [3.63, 3.8) is 0 Å². The predicted octanol–water partition coefficient (Wildman–Crippen LogP) is 3.34. The van der Waals surface area contributed by atoms with Gasteiger partial charge in [-0.1, -0.05) is 11.6 Å². The summed E-state index contributed by atoms with van der Waals surface area (Å²) in [6, 6.07) is 12.5. The molecular formula is C20H20ClN5O5.